The highest BCUT2D eigenvalue weighted by Crippen LogP contribution is 2.24. The summed E-state index contributed by atoms with van der Waals surface area (Å²) in [6.07, 6.45) is 1.48. The summed E-state index contributed by atoms with van der Waals surface area (Å²) in [4.78, 5) is 21.1. The summed E-state index contributed by atoms with van der Waals surface area (Å²) in [6.45, 7) is 2.63. The molecule has 4 rings (SSSR count). The van der Waals surface area contributed by atoms with E-state index in [1.165, 1.54) is 23.7 Å². The van der Waals surface area contributed by atoms with Crippen LogP contribution in [0.5, 0.6) is 5.75 Å². The fraction of sp³-hybridized carbons (Fsp3) is 0.190. The lowest BCUT2D eigenvalue weighted by Gasteiger charge is -2.04. The second kappa shape index (κ2) is 8.40. The molecule has 0 atom stereocenters. The molecule has 0 aliphatic heterocycles. The predicted octanol–water partition coefficient (Wildman–Crippen LogP) is 3.56. The molecule has 29 heavy (non-hydrogen) atoms. The van der Waals surface area contributed by atoms with E-state index in [9.17, 15) is 4.79 Å². The number of carbonyl (C=O) groups excluding carboxylic acids is 1. The van der Waals surface area contributed by atoms with Crippen LogP contribution in [-0.4, -0.2) is 43.6 Å². The molecule has 0 saturated heterocycles. The molecule has 0 amide bonds. The molecule has 0 radical (unpaired) electrons. The van der Waals surface area contributed by atoms with Crippen LogP contribution in [0.4, 0.5) is 0 Å². The number of aromatic nitrogens is 5. The summed E-state index contributed by atoms with van der Waals surface area (Å²) >= 11 is 1.34. The number of aryl methyl sites for hydroxylation is 1. The second-order valence-corrected chi connectivity index (χ2v) is 7.49. The molecule has 0 unspecified atom stereocenters. The van der Waals surface area contributed by atoms with Gasteiger partial charge in [0.2, 0.25) is 0 Å². The normalized spacial score (nSPS) is 11.0. The number of Topliss-reactive ketones (excluding diaryl/α,β-unsaturated/α-hetero) is 1. The Bertz CT molecular complexity index is 1140. The fourth-order valence-electron chi connectivity index (χ4n) is 2.84. The Morgan fingerprint density at radius 1 is 1.07 bits per heavy atom. The van der Waals surface area contributed by atoms with Crippen molar-refractivity contribution in [2.75, 3.05) is 12.9 Å². The monoisotopic (exact) mass is 405 g/mol. The Balaban J connectivity index is 1.50. The lowest BCUT2D eigenvalue weighted by molar-refractivity contribution is 0.102. The van der Waals surface area contributed by atoms with Crippen molar-refractivity contribution in [3.05, 3.63) is 71.5 Å². The van der Waals surface area contributed by atoms with Gasteiger partial charge in [-0.05, 0) is 36.8 Å². The molecule has 2 aromatic heterocycles. The predicted molar refractivity (Wildman–Crippen MR) is 111 cm³/mol. The molecule has 0 saturated carbocycles. The maximum absolute atomic E-state index is 12.5. The first kappa shape index (κ1) is 19.1. The van der Waals surface area contributed by atoms with Gasteiger partial charge in [-0.15, -0.1) is 5.10 Å². The van der Waals surface area contributed by atoms with Crippen molar-refractivity contribution in [2.45, 2.75) is 18.5 Å². The highest BCUT2D eigenvalue weighted by atomic mass is 32.2. The number of ketones is 1. The zero-order valence-electron chi connectivity index (χ0n) is 16.1. The Morgan fingerprint density at radius 3 is 2.55 bits per heavy atom. The van der Waals surface area contributed by atoms with Gasteiger partial charge < -0.3 is 4.74 Å². The van der Waals surface area contributed by atoms with E-state index in [4.69, 9.17) is 4.74 Å². The van der Waals surface area contributed by atoms with Gasteiger partial charge in [0.05, 0.1) is 19.4 Å². The van der Waals surface area contributed by atoms with Crippen LogP contribution in [0.3, 0.4) is 0 Å². The Morgan fingerprint density at radius 2 is 1.83 bits per heavy atom. The molecular weight excluding hydrogens is 386 g/mol. The van der Waals surface area contributed by atoms with E-state index in [-0.39, 0.29) is 11.5 Å². The lowest BCUT2D eigenvalue weighted by atomic mass is 10.1. The summed E-state index contributed by atoms with van der Waals surface area (Å²) in [5.41, 5.74) is 4.21. The van der Waals surface area contributed by atoms with Crippen molar-refractivity contribution in [3.63, 3.8) is 0 Å². The van der Waals surface area contributed by atoms with Crippen LogP contribution >= 0.6 is 11.8 Å². The average molecular weight is 405 g/mol. The number of fused-ring (bicyclic) bond motifs is 1. The number of thioether (sulfide) groups is 1. The summed E-state index contributed by atoms with van der Waals surface area (Å²) in [5.74, 6) is 0.983. The summed E-state index contributed by atoms with van der Waals surface area (Å²) < 4.78 is 6.87. The van der Waals surface area contributed by atoms with Crippen LogP contribution in [0.1, 0.15) is 21.5 Å². The van der Waals surface area contributed by atoms with Crippen LogP contribution in [-0.2, 0) is 6.54 Å². The van der Waals surface area contributed by atoms with Crippen molar-refractivity contribution in [2.24, 2.45) is 0 Å². The first-order chi connectivity index (χ1) is 14.1. The highest BCUT2D eigenvalue weighted by molar-refractivity contribution is 8.00. The third-order valence-corrected chi connectivity index (χ3v) is 5.45. The fourth-order valence-corrected chi connectivity index (χ4v) is 3.67. The van der Waals surface area contributed by atoms with Gasteiger partial charge in [-0.3, -0.25) is 4.79 Å². The number of methoxy groups -OCH3 is 1. The van der Waals surface area contributed by atoms with Crippen molar-refractivity contribution < 1.29 is 9.53 Å². The molecule has 8 heteroatoms. The molecule has 7 nitrogen and oxygen atoms in total. The zero-order valence-corrected chi connectivity index (χ0v) is 16.9. The number of rotatable bonds is 7. The van der Waals surface area contributed by atoms with Crippen molar-refractivity contribution in [3.8, 4) is 5.75 Å². The van der Waals surface area contributed by atoms with Crippen molar-refractivity contribution in [1.82, 2.24) is 25.0 Å². The van der Waals surface area contributed by atoms with Crippen molar-refractivity contribution in [1.29, 1.82) is 0 Å². The summed E-state index contributed by atoms with van der Waals surface area (Å²) in [6, 6.07) is 15.3. The van der Waals surface area contributed by atoms with Crippen LogP contribution in [0.25, 0.3) is 11.2 Å². The third kappa shape index (κ3) is 4.27. The molecule has 2 heterocycles. The first-order valence-electron chi connectivity index (χ1n) is 9.04. The van der Waals surface area contributed by atoms with Gasteiger partial charge in [0.25, 0.3) is 0 Å². The SMILES string of the molecule is COc1ccc(C(=O)CSc2ncnc3c2nnn3Cc2ccc(C)cc2)cc1. The number of ether oxygens (including phenoxy) is 1. The van der Waals surface area contributed by atoms with Gasteiger partial charge in [0, 0.05) is 5.56 Å². The molecular formula is C21H19N5O2S. The largest absolute Gasteiger partial charge is 0.497 e. The Hall–Kier alpha value is -3.26. The van der Waals surface area contributed by atoms with Gasteiger partial charge in [0.15, 0.2) is 16.9 Å². The number of hydrogen-bond acceptors (Lipinski definition) is 7. The molecule has 0 bridgehead atoms. The van der Waals surface area contributed by atoms with E-state index >= 15 is 0 Å². The molecule has 0 fully saturated rings. The summed E-state index contributed by atoms with van der Waals surface area (Å²) in [5, 5.41) is 9.12. The quantitative estimate of drug-likeness (QED) is 0.264. The Kier molecular flexibility index (Phi) is 5.53. The number of benzene rings is 2. The van der Waals surface area contributed by atoms with E-state index in [1.54, 1.807) is 36.1 Å². The molecule has 146 valence electrons. The van der Waals surface area contributed by atoms with Crippen LogP contribution in [0.2, 0.25) is 0 Å². The molecule has 0 spiro atoms. The maximum atomic E-state index is 12.5. The molecule has 0 aliphatic rings. The molecule has 2 aromatic carbocycles. The molecule has 0 N–H and O–H groups in total. The third-order valence-electron chi connectivity index (χ3n) is 4.47. The van der Waals surface area contributed by atoms with Crippen LogP contribution in [0, 0.1) is 6.92 Å². The molecule has 4 aromatic rings. The average Bonchev–Trinajstić information content (AvgIpc) is 3.17. The highest BCUT2D eigenvalue weighted by Gasteiger charge is 2.15. The van der Waals surface area contributed by atoms with E-state index in [2.05, 4.69) is 51.5 Å². The topological polar surface area (TPSA) is 82.8 Å². The standard InChI is InChI=1S/C21H19N5O2S/c1-14-3-5-15(6-4-14)11-26-20-19(24-25-26)21(23-13-22-20)29-12-18(27)16-7-9-17(28-2)10-8-16/h3-10,13H,11-12H2,1-2H3. The van der Waals surface area contributed by atoms with Gasteiger partial charge in [-0.25, -0.2) is 14.6 Å². The van der Waals surface area contributed by atoms with E-state index in [0.717, 1.165) is 11.3 Å². The number of nitrogens with zero attached hydrogens (tertiary/aromatic N) is 5. The van der Waals surface area contributed by atoms with E-state index in [0.29, 0.717) is 28.3 Å². The van der Waals surface area contributed by atoms with Gasteiger partial charge >= 0.3 is 0 Å². The van der Waals surface area contributed by atoms with E-state index < -0.39 is 0 Å². The summed E-state index contributed by atoms with van der Waals surface area (Å²) in [7, 11) is 1.60. The minimum atomic E-state index is 0.0106. The van der Waals surface area contributed by atoms with Gasteiger partial charge in [-0.2, -0.15) is 0 Å². The van der Waals surface area contributed by atoms with Gasteiger partial charge in [-0.1, -0.05) is 46.8 Å². The van der Waals surface area contributed by atoms with Crippen LogP contribution in [0.15, 0.2) is 59.9 Å². The minimum Gasteiger partial charge on any atom is -0.497 e. The van der Waals surface area contributed by atoms with E-state index in [1.807, 2.05) is 0 Å². The minimum absolute atomic E-state index is 0.0106. The Labute approximate surface area is 172 Å². The van der Waals surface area contributed by atoms with Crippen LogP contribution < -0.4 is 4.74 Å². The molecule has 0 aliphatic carbocycles. The number of hydrogen-bond donors (Lipinski definition) is 0. The first-order valence-corrected chi connectivity index (χ1v) is 10.0. The van der Waals surface area contributed by atoms with Crippen molar-refractivity contribution >= 4 is 28.7 Å². The smallest absolute Gasteiger partial charge is 0.183 e. The maximum Gasteiger partial charge on any atom is 0.183 e. The van der Waals surface area contributed by atoms with Gasteiger partial charge in [0.1, 0.15) is 17.1 Å². The second-order valence-electron chi connectivity index (χ2n) is 6.52. The lowest BCUT2D eigenvalue weighted by Crippen LogP contribution is -2.04. The zero-order chi connectivity index (χ0) is 20.2. The number of carbonyl (C=O) groups is 1.